The van der Waals surface area contributed by atoms with Crippen molar-refractivity contribution >= 4 is 0 Å². The largest absolute Gasteiger partial charge is 0.307 e. The minimum absolute atomic E-state index is 0.504. The van der Waals surface area contributed by atoms with E-state index in [0.717, 1.165) is 5.92 Å². The third-order valence-corrected chi connectivity index (χ3v) is 3.89. The Morgan fingerprint density at radius 1 is 0.950 bits per heavy atom. The van der Waals surface area contributed by atoms with Crippen molar-refractivity contribution in [3.63, 3.8) is 0 Å². The summed E-state index contributed by atoms with van der Waals surface area (Å²) in [5, 5.41) is 3.94. The fourth-order valence-corrected chi connectivity index (χ4v) is 2.85. The molecule has 114 valence electrons. The molecule has 20 heavy (non-hydrogen) atoms. The Labute approximate surface area is 126 Å². The Kier molecular flexibility index (Phi) is 8.60. The summed E-state index contributed by atoms with van der Waals surface area (Å²) in [7, 11) is 0. The van der Waals surface area contributed by atoms with Gasteiger partial charge >= 0.3 is 0 Å². The van der Waals surface area contributed by atoms with Crippen LogP contribution in [0.4, 0.5) is 0 Å². The first-order chi connectivity index (χ1) is 9.67. The second-order valence-corrected chi connectivity index (χ2v) is 6.39. The normalized spacial score (nSPS) is 14.4. The van der Waals surface area contributed by atoms with Gasteiger partial charge in [-0.15, -0.1) is 0 Å². The molecule has 2 unspecified atom stereocenters. The zero-order chi connectivity index (χ0) is 14.8. The quantitative estimate of drug-likeness (QED) is 0.575. The fraction of sp³-hybridized carbons (Fsp3) is 0.684. The Balaban J connectivity index is 2.71. The molecule has 0 spiro atoms. The van der Waals surface area contributed by atoms with Gasteiger partial charge in [0.2, 0.25) is 0 Å². The number of hydrogen-bond acceptors (Lipinski definition) is 1. The zero-order valence-corrected chi connectivity index (χ0v) is 13.9. The predicted molar refractivity (Wildman–Crippen MR) is 90.0 cm³/mol. The van der Waals surface area contributed by atoms with Crippen LogP contribution < -0.4 is 5.32 Å². The number of rotatable bonds is 10. The van der Waals surface area contributed by atoms with Crippen LogP contribution in [0.15, 0.2) is 30.3 Å². The van der Waals surface area contributed by atoms with Gasteiger partial charge in [0.05, 0.1) is 0 Å². The molecule has 0 fully saturated rings. The molecule has 0 saturated heterocycles. The third-order valence-electron chi connectivity index (χ3n) is 3.89. The van der Waals surface area contributed by atoms with Gasteiger partial charge in [0, 0.05) is 12.1 Å². The van der Waals surface area contributed by atoms with E-state index >= 15 is 0 Å². The molecule has 0 bridgehead atoms. The zero-order valence-electron chi connectivity index (χ0n) is 13.9. The Morgan fingerprint density at radius 3 is 2.20 bits per heavy atom. The molecule has 1 heteroatoms. The number of unbranched alkanes of at least 4 members (excludes halogenated alkanes) is 1. The molecule has 2 atom stereocenters. The van der Waals surface area contributed by atoms with Gasteiger partial charge in [-0.3, -0.25) is 0 Å². The van der Waals surface area contributed by atoms with Crippen molar-refractivity contribution in [1.29, 1.82) is 0 Å². The monoisotopic (exact) mass is 275 g/mol. The maximum absolute atomic E-state index is 3.94. The summed E-state index contributed by atoms with van der Waals surface area (Å²) < 4.78 is 0. The molecule has 0 heterocycles. The van der Waals surface area contributed by atoms with Crippen molar-refractivity contribution in [2.24, 2.45) is 5.92 Å². The van der Waals surface area contributed by atoms with Crippen molar-refractivity contribution in [2.45, 2.75) is 78.3 Å². The van der Waals surface area contributed by atoms with E-state index in [4.69, 9.17) is 0 Å². The second kappa shape index (κ2) is 9.99. The average molecular weight is 275 g/mol. The second-order valence-electron chi connectivity index (χ2n) is 6.39. The maximum atomic E-state index is 3.94. The van der Waals surface area contributed by atoms with Crippen molar-refractivity contribution < 1.29 is 0 Å². The summed E-state index contributed by atoms with van der Waals surface area (Å²) in [5.41, 5.74) is 1.44. The van der Waals surface area contributed by atoms with E-state index in [2.05, 4.69) is 63.3 Å². The topological polar surface area (TPSA) is 12.0 Å². The molecule has 0 aliphatic heterocycles. The standard InChI is InChI=1S/C19H33N/c1-5-7-14-18(11-6-2)20-19(15-16(3)4)17-12-9-8-10-13-17/h8-10,12-13,16,18-20H,5-7,11,14-15H2,1-4H3. The summed E-state index contributed by atoms with van der Waals surface area (Å²) in [4.78, 5) is 0. The van der Waals surface area contributed by atoms with Crippen LogP contribution in [0.1, 0.15) is 77.8 Å². The van der Waals surface area contributed by atoms with Gasteiger partial charge < -0.3 is 5.32 Å². The van der Waals surface area contributed by atoms with Gasteiger partial charge in [-0.2, -0.15) is 0 Å². The number of benzene rings is 1. The van der Waals surface area contributed by atoms with Crippen LogP contribution in [0.5, 0.6) is 0 Å². The van der Waals surface area contributed by atoms with Crippen LogP contribution in [0, 0.1) is 5.92 Å². The lowest BCUT2D eigenvalue weighted by molar-refractivity contribution is 0.345. The average Bonchev–Trinajstić information content (AvgIpc) is 2.44. The van der Waals surface area contributed by atoms with E-state index in [1.54, 1.807) is 0 Å². The lowest BCUT2D eigenvalue weighted by Gasteiger charge is -2.27. The van der Waals surface area contributed by atoms with E-state index in [1.807, 2.05) is 0 Å². The maximum Gasteiger partial charge on any atom is 0.0325 e. The highest BCUT2D eigenvalue weighted by Crippen LogP contribution is 2.23. The summed E-state index contributed by atoms with van der Waals surface area (Å²) >= 11 is 0. The Hall–Kier alpha value is -0.820. The third kappa shape index (κ3) is 6.56. The van der Waals surface area contributed by atoms with E-state index < -0.39 is 0 Å². The van der Waals surface area contributed by atoms with Gasteiger partial charge in [-0.1, -0.05) is 77.3 Å². The molecular formula is C19H33N. The van der Waals surface area contributed by atoms with Crippen LogP contribution in [-0.4, -0.2) is 6.04 Å². The lowest BCUT2D eigenvalue weighted by Crippen LogP contribution is -2.33. The molecule has 0 aromatic heterocycles. The molecule has 1 N–H and O–H groups in total. The van der Waals surface area contributed by atoms with Gasteiger partial charge in [0.15, 0.2) is 0 Å². The van der Waals surface area contributed by atoms with Crippen LogP contribution in [0.3, 0.4) is 0 Å². The van der Waals surface area contributed by atoms with Crippen molar-refractivity contribution in [2.75, 3.05) is 0 Å². The minimum Gasteiger partial charge on any atom is -0.307 e. The van der Waals surface area contributed by atoms with Gasteiger partial charge in [-0.05, 0) is 30.7 Å². The summed E-state index contributed by atoms with van der Waals surface area (Å²) in [6, 6.07) is 12.1. The molecule has 0 aliphatic rings. The van der Waals surface area contributed by atoms with Gasteiger partial charge in [0.1, 0.15) is 0 Å². The first-order valence-corrected chi connectivity index (χ1v) is 8.48. The van der Waals surface area contributed by atoms with E-state index in [-0.39, 0.29) is 0 Å². The number of nitrogens with one attached hydrogen (secondary N) is 1. The van der Waals surface area contributed by atoms with Crippen molar-refractivity contribution in [3.8, 4) is 0 Å². The molecule has 1 aromatic rings. The summed E-state index contributed by atoms with van der Waals surface area (Å²) in [6.07, 6.45) is 7.72. The number of hydrogen-bond donors (Lipinski definition) is 1. The molecular weight excluding hydrogens is 242 g/mol. The minimum atomic E-state index is 0.504. The Bertz CT molecular complexity index is 331. The van der Waals surface area contributed by atoms with E-state index in [1.165, 1.54) is 44.1 Å². The van der Waals surface area contributed by atoms with Crippen LogP contribution in [0.2, 0.25) is 0 Å². The van der Waals surface area contributed by atoms with Crippen LogP contribution in [0.25, 0.3) is 0 Å². The highest BCUT2D eigenvalue weighted by molar-refractivity contribution is 5.19. The summed E-state index contributed by atoms with van der Waals surface area (Å²) in [6.45, 7) is 9.21. The SMILES string of the molecule is CCCCC(CCC)NC(CC(C)C)c1ccccc1. The molecule has 1 nitrogen and oxygen atoms in total. The molecule has 0 radical (unpaired) electrons. The lowest BCUT2D eigenvalue weighted by atomic mass is 9.94. The predicted octanol–water partition coefficient (Wildman–Crippen LogP) is 5.72. The summed E-state index contributed by atoms with van der Waals surface area (Å²) in [5.74, 6) is 0.723. The smallest absolute Gasteiger partial charge is 0.0325 e. The van der Waals surface area contributed by atoms with E-state index in [9.17, 15) is 0 Å². The van der Waals surface area contributed by atoms with E-state index in [0.29, 0.717) is 12.1 Å². The Morgan fingerprint density at radius 2 is 1.65 bits per heavy atom. The molecule has 0 amide bonds. The highest BCUT2D eigenvalue weighted by atomic mass is 14.9. The molecule has 0 aliphatic carbocycles. The fourth-order valence-electron chi connectivity index (χ4n) is 2.85. The van der Waals surface area contributed by atoms with Gasteiger partial charge in [0.25, 0.3) is 0 Å². The first kappa shape index (κ1) is 17.2. The van der Waals surface area contributed by atoms with Crippen molar-refractivity contribution in [3.05, 3.63) is 35.9 Å². The molecule has 0 saturated carbocycles. The molecule has 1 aromatic carbocycles. The van der Waals surface area contributed by atoms with Crippen LogP contribution in [-0.2, 0) is 0 Å². The van der Waals surface area contributed by atoms with Crippen molar-refractivity contribution in [1.82, 2.24) is 5.32 Å². The van der Waals surface area contributed by atoms with Gasteiger partial charge in [-0.25, -0.2) is 0 Å². The van der Waals surface area contributed by atoms with Crippen LogP contribution >= 0.6 is 0 Å². The molecule has 1 rings (SSSR count). The first-order valence-electron chi connectivity index (χ1n) is 8.48. The highest BCUT2D eigenvalue weighted by Gasteiger charge is 2.17.